The van der Waals surface area contributed by atoms with E-state index in [0.29, 0.717) is 24.7 Å². The van der Waals surface area contributed by atoms with Crippen LogP contribution in [0.15, 0.2) is 18.2 Å². The number of hydrogen-bond acceptors (Lipinski definition) is 4. The predicted molar refractivity (Wildman–Crippen MR) is 67.6 cm³/mol. The molecule has 1 aromatic carbocycles. The van der Waals surface area contributed by atoms with Crippen LogP contribution in [0.2, 0.25) is 5.02 Å². The summed E-state index contributed by atoms with van der Waals surface area (Å²) in [5, 5.41) is 13.2. The van der Waals surface area contributed by atoms with E-state index in [1.54, 1.807) is 14.2 Å². The molecule has 0 aliphatic carbocycles. The number of benzene rings is 1. The Morgan fingerprint density at radius 3 is 2.82 bits per heavy atom. The average Bonchev–Trinajstić information content (AvgIpc) is 2.31. The van der Waals surface area contributed by atoms with E-state index in [4.69, 9.17) is 21.1 Å². The van der Waals surface area contributed by atoms with Gasteiger partial charge in [0.2, 0.25) is 0 Å². The van der Waals surface area contributed by atoms with Crippen molar-refractivity contribution in [2.24, 2.45) is 0 Å². The van der Waals surface area contributed by atoms with Crippen LogP contribution in [-0.2, 0) is 11.3 Å². The lowest BCUT2D eigenvalue weighted by Gasteiger charge is -2.13. The number of rotatable bonds is 7. The molecule has 0 amide bonds. The Morgan fingerprint density at radius 2 is 2.18 bits per heavy atom. The number of aliphatic hydroxyl groups is 1. The van der Waals surface area contributed by atoms with Crippen molar-refractivity contribution in [2.75, 3.05) is 27.4 Å². The molecule has 1 rings (SSSR count). The van der Waals surface area contributed by atoms with Crippen LogP contribution in [0.3, 0.4) is 0 Å². The van der Waals surface area contributed by atoms with Crippen LogP contribution in [0.1, 0.15) is 5.56 Å². The number of methoxy groups -OCH3 is 2. The molecule has 17 heavy (non-hydrogen) atoms. The Labute approximate surface area is 106 Å². The van der Waals surface area contributed by atoms with E-state index in [2.05, 4.69) is 5.32 Å². The van der Waals surface area contributed by atoms with Gasteiger partial charge in [0.25, 0.3) is 0 Å². The maximum Gasteiger partial charge on any atom is 0.124 e. The van der Waals surface area contributed by atoms with Crippen molar-refractivity contribution in [1.29, 1.82) is 0 Å². The second-order valence-electron chi connectivity index (χ2n) is 3.66. The van der Waals surface area contributed by atoms with Crippen molar-refractivity contribution in [2.45, 2.75) is 12.6 Å². The second-order valence-corrected chi connectivity index (χ2v) is 4.07. The van der Waals surface area contributed by atoms with Gasteiger partial charge in [-0.15, -0.1) is 0 Å². The molecule has 2 N–H and O–H groups in total. The van der Waals surface area contributed by atoms with E-state index in [-0.39, 0.29) is 0 Å². The highest BCUT2D eigenvalue weighted by molar-refractivity contribution is 6.31. The minimum absolute atomic E-state index is 0.312. The summed E-state index contributed by atoms with van der Waals surface area (Å²) in [5.41, 5.74) is 0.890. The third-order valence-electron chi connectivity index (χ3n) is 2.34. The first kappa shape index (κ1) is 14.3. The minimum Gasteiger partial charge on any atom is -0.496 e. The molecule has 0 bridgehead atoms. The van der Waals surface area contributed by atoms with Gasteiger partial charge in [0.05, 0.1) is 19.8 Å². The van der Waals surface area contributed by atoms with Gasteiger partial charge in [0, 0.05) is 30.8 Å². The molecule has 96 valence electrons. The van der Waals surface area contributed by atoms with Crippen LogP contribution in [0, 0.1) is 0 Å². The van der Waals surface area contributed by atoms with Crippen molar-refractivity contribution in [1.82, 2.24) is 5.32 Å². The Hall–Kier alpha value is -0.810. The molecule has 4 nitrogen and oxygen atoms in total. The average molecular weight is 260 g/mol. The normalized spacial score (nSPS) is 12.5. The number of ether oxygens (including phenoxy) is 2. The smallest absolute Gasteiger partial charge is 0.124 e. The Balaban J connectivity index is 2.51. The van der Waals surface area contributed by atoms with Gasteiger partial charge in [-0.2, -0.15) is 0 Å². The topological polar surface area (TPSA) is 50.7 Å². The molecule has 1 atom stereocenters. The van der Waals surface area contributed by atoms with Crippen molar-refractivity contribution < 1.29 is 14.6 Å². The molecule has 1 aromatic rings. The second kappa shape index (κ2) is 7.50. The lowest BCUT2D eigenvalue weighted by molar-refractivity contribution is 0.0644. The van der Waals surface area contributed by atoms with Crippen LogP contribution in [-0.4, -0.2) is 38.6 Å². The highest BCUT2D eigenvalue weighted by Gasteiger charge is 2.08. The lowest BCUT2D eigenvalue weighted by Crippen LogP contribution is -2.29. The largest absolute Gasteiger partial charge is 0.496 e. The summed E-state index contributed by atoms with van der Waals surface area (Å²) in [4.78, 5) is 0. The molecule has 0 radical (unpaired) electrons. The van der Waals surface area contributed by atoms with Gasteiger partial charge in [0.1, 0.15) is 5.75 Å². The van der Waals surface area contributed by atoms with Gasteiger partial charge in [-0.05, 0) is 12.1 Å². The van der Waals surface area contributed by atoms with Crippen LogP contribution < -0.4 is 10.1 Å². The van der Waals surface area contributed by atoms with E-state index in [9.17, 15) is 5.11 Å². The lowest BCUT2D eigenvalue weighted by atomic mass is 10.2. The fourth-order valence-electron chi connectivity index (χ4n) is 1.52. The monoisotopic (exact) mass is 259 g/mol. The van der Waals surface area contributed by atoms with Gasteiger partial charge in [0.15, 0.2) is 0 Å². The summed E-state index contributed by atoms with van der Waals surface area (Å²) < 4.78 is 10.1. The molecule has 5 heteroatoms. The summed E-state index contributed by atoms with van der Waals surface area (Å²) in [6.07, 6.45) is -0.520. The number of halogens is 1. The summed E-state index contributed by atoms with van der Waals surface area (Å²) in [7, 11) is 3.16. The number of nitrogens with one attached hydrogen (secondary N) is 1. The maximum atomic E-state index is 9.47. The Bertz CT molecular complexity index is 347. The molecular formula is C12H18ClNO3. The molecule has 0 aromatic heterocycles. The van der Waals surface area contributed by atoms with E-state index < -0.39 is 6.10 Å². The quantitative estimate of drug-likeness (QED) is 0.778. The van der Waals surface area contributed by atoms with Crippen molar-refractivity contribution >= 4 is 11.6 Å². The molecule has 0 heterocycles. The van der Waals surface area contributed by atoms with Gasteiger partial charge in [-0.25, -0.2) is 0 Å². The third-order valence-corrected chi connectivity index (χ3v) is 2.69. The number of aliphatic hydroxyl groups excluding tert-OH is 1. The van der Waals surface area contributed by atoms with E-state index in [1.165, 1.54) is 0 Å². The fraction of sp³-hybridized carbons (Fsp3) is 0.500. The molecule has 0 spiro atoms. The third kappa shape index (κ3) is 4.52. The highest BCUT2D eigenvalue weighted by Crippen LogP contribution is 2.25. The van der Waals surface area contributed by atoms with Gasteiger partial charge >= 0.3 is 0 Å². The van der Waals surface area contributed by atoms with Crippen LogP contribution in [0.4, 0.5) is 0 Å². The van der Waals surface area contributed by atoms with Gasteiger partial charge in [-0.1, -0.05) is 17.7 Å². The zero-order valence-electron chi connectivity index (χ0n) is 10.1. The van der Waals surface area contributed by atoms with Crippen molar-refractivity contribution in [3.05, 3.63) is 28.8 Å². The predicted octanol–water partition coefficient (Wildman–Crippen LogP) is 1.45. The maximum absolute atomic E-state index is 9.47. The van der Waals surface area contributed by atoms with Crippen LogP contribution in [0.25, 0.3) is 0 Å². The first-order valence-electron chi connectivity index (χ1n) is 5.38. The van der Waals surface area contributed by atoms with Crippen LogP contribution >= 0.6 is 11.6 Å². The summed E-state index contributed by atoms with van der Waals surface area (Å²) in [6, 6.07) is 5.51. The first-order valence-corrected chi connectivity index (χ1v) is 5.76. The molecule has 0 saturated heterocycles. The zero-order chi connectivity index (χ0) is 12.7. The summed E-state index contributed by atoms with van der Waals surface area (Å²) in [6.45, 7) is 1.30. The van der Waals surface area contributed by atoms with Crippen LogP contribution in [0.5, 0.6) is 5.75 Å². The molecule has 1 unspecified atom stereocenters. The fourth-order valence-corrected chi connectivity index (χ4v) is 1.75. The van der Waals surface area contributed by atoms with E-state index >= 15 is 0 Å². The highest BCUT2D eigenvalue weighted by atomic mass is 35.5. The Morgan fingerprint density at radius 1 is 1.41 bits per heavy atom. The Kier molecular flexibility index (Phi) is 6.29. The van der Waals surface area contributed by atoms with Gasteiger partial charge in [-0.3, -0.25) is 0 Å². The standard InChI is InChI=1S/C12H18ClNO3/c1-16-8-9(15)6-14-7-10-11(13)4-3-5-12(10)17-2/h3-5,9,14-15H,6-8H2,1-2H3. The molecular weight excluding hydrogens is 242 g/mol. The number of hydrogen-bond donors (Lipinski definition) is 2. The molecule has 0 fully saturated rings. The molecule has 0 saturated carbocycles. The van der Waals surface area contributed by atoms with Gasteiger partial charge < -0.3 is 19.9 Å². The van der Waals surface area contributed by atoms with E-state index in [1.807, 2.05) is 18.2 Å². The summed E-state index contributed by atoms with van der Waals surface area (Å²) >= 11 is 6.08. The van der Waals surface area contributed by atoms with Crippen molar-refractivity contribution in [3.8, 4) is 5.75 Å². The first-order chi connectivity index (χ1) is 8.19. The van der Waals surface area contributed by atoms with E-state index in [0.717, 1.165) is 11.3 Å². The SMILES string of the molecule is COCC(O)CNCc1c(Cl)cccc1OC. The summed E-state index contributed by atoms with van der Waals surface area (Å²) in [5.74, 6) is 0.742. The molecule has 0 aliphatic rings. The minimum atomic E-state index is -0.520. The zero-order valence-corrected chi connectivity index (χ0v) is 10.8. The van der Waals surface area contributed by atoms with Crippen molar-refractivity contribution in [3.63, 3.8) is 0 Å². The molecule has 0 aliphatic heterocycles.